The van der Waals surface area contributed by atoms with Crippen molar-refractivity contribution in [3.8, 4) is 5.75 Å². The highest BCUT2D eigenvalue weighted by molar-refractivity contribution is 5.85. The second-order valence-corrected chi connectivity index (χ2v) is 4.79. The molecule has 4 nitrogen and oxygen atoms in total. The van der Waals surface area contributed by atoms with Crippen molar-refractivity contribution in [2.75, 3.05) is 13.1 Å². The monoisotopic (exact) mass is 320 g/mol. The molecule has 1 aromatic rings. The molecule has 0 spiro atoms. The molecule has 1 aliphatic heterocycles. The van der Waals surface area contributed by atoms with Crippen LogP contribution in [0.4, 0.5) is 8.78 Å². The predicted molar refractivity (Wildman–Crippen MR) is 77.8 cm³/mol. The minimum Gasteiger partial charge on any atom is -0.435 e. The minimum absolute atomic E-state index is 0. The van der Waals surface area contributed by atoms with Gasteiger partial charge < -0.3 is 15.4 Å². The van der Waals surface area contributed by atoms with Crippen molar-refractivity contribution in [2.24, 2.45) is 5.92 Å². The van der Waals surface area contributed by atoms with Gasteiger partial charge in [-0.1, -0.05) is 12.1 Å². The normalized spacial score (nSPS) is 18.0. The Morgan fingerprint density at radius 2 is 2.29 bits per heavy atom. The maximum Gasteiger partial charge on any atom is 0.387 e. The molecule has 1 atom stereocenters. The third-order valence-corrected chi connectivity index (χ3v) is 3.26. The van der Waals surface area contributed by atoms with Gasteiger partial charge >= 0.3 is 6.61 Å². The quantitative estimate of drug-likeness (QED) is 0.875. The summed E-state index contributed by atoms with van der Waals surface area (Å²) in [4.78, 5) is 11.9. The molecule has 1 unspecified atom stereocenters. The number of alkyl halides is 2. The van der Waals surface area contributed by atoms with Crippen molar-refractivity contribution in [3.63, 3.8) is 0 Å². The molecule has 1 saturated heterocycles. The number of rotatable bonds is 5. The van der Waals surface area contributed by atoms with Gasteiger partial charge in [0.05, 0.1) is 5.92 Å². The second kappa shape index (κ2) is 8.79. The fourth-order valence-corrected chi connectivity index (χ4v) is 2.24. The molecule has 1 fully saturated rings. The van der Waals surface area contributed by atoms with E-state index in [4.69, 9.17) is 0 Å². The van der Waals surface area contributed by atoms with Crippen LogP contribution in [-0.4, -0.2) is 25.6 Å². The summed E-state index contributed by atoms with van der Waals surface area (Å²) in [7, 11) is 0. The summed E-state index contributed by atoms with van der Waals surface area (Å²) in [6.45, 7) is -0.874. The third kappa shape index (κ3) is 5.85. The Morgan fingerprint density at radius 1 is 1.48 bits per heavy atom. The maximum absolute atomic E-state index is 12.1. The van der Waals surface area contributed by atoms with E-state index in [9.17, 15) is 13.6 Å². The van der Waals surface area contributed by atoms with Crippen molar-refractivity contribution in [3.05, 3.63) is 29.8 Å². The summed E-state index contributed by atoms with van der Waals surface area (Å²) < 4.78 is 28.5. The minimum atomic E-state index is -2.84. The molecular formula is C14H19ClF2N2O2. The molecule has 2 N–H and O–H groups in total. The van der Waals surface area contributed by atoms with E-state index in [2.05, 4.69) is 15.4 Å². The van der Waals surface area contributed by atoms with Gasteiger partial charge in [0.15, 0.2) is 0 Å². The van der Waals surface area contributed by atoms with Gasteiger partial charge in [0.1, 0.15) is 5.75 Å². The van der Waals surface area contributed by atoms with Crippen molar-refractivity contribution >= 4 is 18.3 Å². The number of nitrogens with one attached hydrogen (secondary N) is 2. The molecule has 21 heavy (non-hydrogen) atoms. The first-order valence-corrected chi connectivity index (χ1v) is 6.67. The zero-order valence-electron chi connectivity index (χ0n) is 11.5. The summed E-state index contributed by atoms with van der Waals surface area (Å²) in [5.74, 6) is 0.0905. The molecule has 118 valence electrons. The molecule has 1 heterocycles. The lowest BCUT2D eigenvalue weighted by Crippen LogP contribution is -2.40. The zero-order valence-corrected chi connectivity index (χ0v) is 12.3. The van der Waals surface area contributed by atoms with Crippen LogP contribution in [0.1, 0.15) is 18.4 Å². The topological polar surface area (TPSA) is 50.4 Å². The number of hydrogen-bond donors (Lipinski definition) is 2. The summed E-state index contributed by atoms with van der Waals surface area (Å²) in [5.41, 5.74) is 0.736. The average molecular weight is 321 g/mol. The summed E-state index contributed by atoms with van der Waals surface area (Å²) in [6, 6.07) is 6.35. The van der Waals surface area contributed by atoms with E-state index in [1.54, 1.807) is 12.1 Å². The van der Waals surface area contributed by atoms with E-state index in [0.29, 0.717) is 13.1 Å². The van der Waals surface area contributed by atoms with Crippen molar-refractivity contribution in [1.29, 1.82) is 0 Å². The van der Waals surface area contributed by atoms with E-state index in [1.165, 1.54) is 12.1 Å². The Hall–Kier alpha value is -1.40. The Morgan fingerprint density at radius 3 is 2.95 bits per heavy atom. The number of amides is 1. The van der Waals surface area contributed by atoms with Crippen LogP contribution in [0.2, 0.25) is 0 Å². The van der Waals surface area contributed by atoms with Gasteiger partial charge in [0, 0.05) is 13.1 Å². The maximum atomic E-state index is 12.1. The Balaban J connectivity index is 0.00000220. The Labute approximate surface area is 128 Å². The van der Waals surface area contributed by atoms with E-state index >= 15 is 0 Å². The van der Waals surface area contributed by atoms with Gasteiger partial charge in [0.25, 0.3) is 0 Å². The molecule has 2 rings (SSSR count). The molecule has 7 heteroatoms. The zero-order chi connectivity index (χ0) is 14.4. The van der Waals surface area contributed by atoms with E-state index in [1.807, 2.05) is 0 Å². The van der Waals surface area contributed by atoms with Crippen LogP contribution < -0.4 is 15.4 Å². The van der Waals surface area contributed by atoms with Crippen molar-refractivity contribution in [2.45, 2.75) is 26.0 Å². The van der Waals surface area contributed by atoms with Crippen LogP contribution in [-0.2, 0) is 11.3 Å². The molecule has 0 aliphatic carbocycles. The lowest BCUT2D eigenvalue weighted by Gasteiger charge is -2.21. The Kier molecular flexibility index (Phi) is 7.39. The highest BCUT2D eigenvalue weighted by Crippen LogP contribution is 2.16. The van der Waals surface area contributed by atoms with E-state index < -0.39 is 6.61 Å². The fourth-order valence-electron chi connectivity index (χ4n) is 2.24. The average Bonchev–Trinajstić information content (AvgIpc) is 2.45. The smallest absolute Gasteiger partial charge is 0.387 e. The SMILES string of the molecule is Cl.O=C(NCc1cccc(OC(F)F)c1)C1CCCNC1. The Bertz CT molecular complexity index is 454. The van der Waals surface area contributed by atoms with Crippen LogP contribution in [0.15, 0.2) is 24.3 Å². The number of benzene rings is 1. The van der Waals surface area contributed by atoms with Gasteiger partial charge in [0.2, 0.25) is 5.91 Å². The number of halogens is 3. The molecule has 1 amide bonds. The number of hydrogen-bond acceptors (Lipinski definition) is 3. The van der Waals surface area contributed by atoms with Crippen molar-refractivity contribution < 1.29 is 18.3 Å². The molecular weight excluding hydrogens is 302 g/mol. The lowest BCUT2D eigenvalue weighted by molar-refractivity contribution is -0.125. The van der Waals surface area contributed by atoms with Gasteiger partial charge in [-0.15, -0.1) is 12.4 Å². The second-order valence-electron chi connectivity index (χ2n) is 4.79. The first-order valence-electron chi connectivity index (χ1n) is 6.67. The highest BCUT2D eigenvalue weighted by Gasteiger charge is 2.20. The number of piperidine rings is 1. The first kappa shape index (κ1) is 17.7. The van der Waals surface area contributed by atoms with Crippen LogP contribution in [0.5, 0.6) is 5.75 Å². The highest BCUT2D eigenvalue weighted by atomic mass is 35.5. The molecule has 1 aromatic carbocycles. The molecule has 0 aromatic heterocycles. The largest absolute Gasteiger partial charge is 0.435 e. The standard InChI is InChI=1S/C14H18F2N2O2.ClH/c15-14(16)20-12-5-1-3-10(7-12)8-18-13(19)11-4-2-6-17-9-11;/h1,3,5,7,11,14,17H,2,4,6,8-9H2,(H,18,19);1H. The molecule has 1 aliphatic rings. The van der Waals surface area contributed by atoms with Crippen LogP contribution >= 0.6 is 12.4 Å². The first-order chi connectivity index (χ1) is 9.65. The number of carbonyl (C=O) groups excluding carboxylic acids is 1. The van der Waals surface area contributed by atoms with E-state index in [-0.39, 0.29) is 30.0 Å². The number of ether oxygens (including phenoxy) is 1. The summed E-state index contributed by atoms with van der Waals surface area (Å²) in [5, 5.41) is 6.01. The predicted octanol–water partition coefficient (Wildman–Crippen LogP) is 2.33. The van der Waals surface area contributed by atoms with Gasteiger partial charge in [-0.2, -0.15) is 8.78 Å². The van der Waals surface area contributed by atoms with Gasteiger partial charge in [-0.3, -0.25) is 4.79 Å². The van der Waals surface area contributed by atoms with Gasteiger partial charge in [-0.25, -0.2) is 0 Å². The lowest BCUT2D eigenvalue weighted by atomic mass is 9.99. The van der Waals surface area contributed by atoms with Crippen LogP contribution in [0, 0.1) is 5.92 Å². The molecule has 0 saturated carbocycles. The molecule has 0 radical (unpaired) electrons. The summed E-state index contributed by atoms with van der Waals surface area (Å²) >= 11 is 0. The number of carbonyl (C=O) groups is 1. The fraction of sp³-hybridized carbons (Fsp3) is 0.500. The van der Waals surface area contributed by atoms with E-state index in [0.717, 1.165) is 24.9 Å². The van der Waals surface area contributed by atoms with Crippen LogP contribution in [0.25, 0.3) is 0 Å². The third-order valence-electron chi connectivity index (χ3n) is 3.26. The molecule has 0 bridgehead atoms. The van der Waals surface area contributed by atoms with Crippen molar-refractivity contribution in [1.82, 2.24) is 10.6 Å². The summed E-state index contributed by atoms with van der Waals surface area (Å²) in [6.07, 6.45) is 1.88. The van der Waals surface area contributed by atoms with Crippen LogP contribution in [0.3, 0.4) is 0 Å². The van der Waals surface area contributed by atoms with Gasteiger partial charge in [-0.05, 0) is 37.1 Å².